The Kier molecular flexibility index (Phi) is 8.06. The maximum absolute atomic E-state index is 5.48. The van der Waals surface area contributed by atoms with Crippen molar-refractivity contribution in [2.45, 2.75) is 33.4 Å². The van der Waals surface area contributed by atoms with Crippen LogP contribution < -0.4 is 10.6 Å². The first-order chi connectivity index (χ1) is 12.5. The first kappa shape index (κ1) is 20.4. The van der Waals surface area contributed by atoms with E-state index >= 15 is 0 Å². The topological polar surface area (TPSA) is 79.6 Å². The highest BCUT2D eigenvalue weighted by Crippen LogP contribution is 2.12. The van der Waals surface area contributed by atoms with E-state index in [1.807, 2.05) is 24.6 Å². The van der Waals surface area contributed by atoms with Crippen LogP contribution in [0.4, 0.5) is 0 Å². The van der Waals surface area contributed by atoms with Crippen molar-refractivity contribution in [3.8, 4) is 0 Å². The molecule has 1 aliphatic heterocycles. The van der Waals surface area contributed by atoms with Gasteiger partial charge in [0.15, 0.2) is 11.8 Å². The molecule has 1 aliphatic rings. The Hall–Kier alpha value is -1.93. The van der Waals surface area contributed by atoms with Crippen molar-refractivity contribution in [2.75, 3.05) is 39.4 Å². The van der Waals surface area contributed by atoms with Gasteiger partial charge in [-0.3, -0.25) is 4.90 Å². The monoisotopic (exact) mass is 363 g/mol. The van der Waals surface area contributed by atoms with E-state index in [-0.39, 0.29) is 0 Å². The van der Waals surface area contributed by atoms with Gasteiger partial charge in [0.1, 0.15) is 12.4 Å². The number of nitrogens with one attached hydrogen (secondary N) is 2. The van der Waals surface area contributed by atoms with Crippen LogP contribution in [-0.4, -0.2) is 71.1 Å². The van der Waals surface area contributed by atoms with Gasteiger partial charge in [-0.25, -0.2) is 4.99 Å². The fourth-order valence-electron chi connectivity index (χ4n) is 2.98. The molecule has 26 heavy (non-hydrogen) atoms. The fraction of sp³-hybridized carbons (Fsp3) is 0.722. The Labute approximate surface area is 156 Å². The summed E-state index contributed by atoms with van der Waals surface area (Å²) in [6.07, 6.45) is 1.82. The van der Waals surface area contributed by atoms with Crippen LogP contribution in [0, 0.1) is 12.8 Å². The van der Waals surface area contributed by atoms with E-state index < -0.39 is 0 Å². The van der Waals surface area contributed by atoms with Gasteiger partial charge in [-0.15, -0.1) is 16.8 Å². The van der Waals surface area contributed by atoms with Gasteiger partial charge < -0.3 is 19.9 Å². The molecule has 146 valence electrons. The number of nitrogens with zero attached hydrogens (tertiary/aromatic N) is 5. The van der Waals surface area contributed by atoms with Gasteiger partial charge in [0.25, 0.3) is 0 Å². The van der Waals surface area contributed by atoms with Crippen molar-refractivity contribution in [1.29, 1.82) is 0 Å². The molecule has 2 rings (SSSR count). The van der Waals surface area contributed by atoms with Crippen LogP contribution in [0.15, 0.2) is 17.6 Å². The van der Waals surface area contributed by atoms with Crippen molar-refractivity contribution >= 4 is 5.96 Å². The molecule has 0 saturated carbocycles. The quantitative estimate of drug-likeness (QED) is 0.402. The Balaban J connectivity index is 1.99. The second-order valence-corrected chi connectivity index (χ2v) is 6.90. The van der Waals surface area contributed by atoms with Crippen molar-refractivity contribution in [2.24, 2.45) is 18.0 Å². The van der Waals surface area contributed by atoms with Crippen LogP contribution in [0.25, 0.3) is 0 Å². The highest BCUT2D eigenvalue weighted by molar-refractivity contribution is 5.79. The molecular formula is C18H33N7O. The molecule has 0 spiro atoms. The van der Waals surface area contributed by atoms with Crippen molar-refractivity contribution < 1.29 is 4.74 Å². The number of aromatic nitrogens is 3. The van der Waals surface area contributed by atoms with E-state index in [9.17, 15) is 0 Å². The van der Waals surface area contributed by atoms with Crippen LogP contribution >= 0.6 is 0 Å². The molecular weight excluding hydrogens is 330 g/mol. The lowest BCUT2D eigenvalue weighted by Gasteiger charge is -2.37. The summed E-state index contributed by atoms with van der Waals surface area (Å²) in [4.78, 5) is 7.16. The Morgan fingerprint density at radius 1 is 1.31 bits per heavy atom. The zero-order valence-electron chi connectivity index (χ0n) is 16.5. The maximum Gasteiger partial charge on any atom is 0.192 e. The molecule has 0 aromatic carbocycles. The number of aryl methyl sites for hydroxylation is 1. The minimum Gasteiger partial charge on any atom is -0.379 e. The number of aliphatic imine (C=N–C) groups is 1. The summed E-state index contributed by atoms with van der Waals surface area (Å²) >= 11 is 0. The SMILES string of the molecule is C=CCNC(=NCc1nnc(C)n1C)NCC(C(C)C)N1CCOCC1. The molecule has 2 heterocycles. The van der Waals surface area contributed by atoms with E-state index in [4.69, 9.17) is 4.74 Å². The Morgan fingerprint density at radius 2 is 2.04 bits per heavy atom. The van der Waals surface area contributed by atoms with Gasteiger partial charge in [0.2, 0.25) is 0 Å². The van der Waals surface area contributed by atoms with E-state index in [2.05, 4.69) is 51.1 Å². The molecule has 1 saturated heterocycles. The van der Waals surface area contributed by atoms with Crippen molar-refractivity contribution in [3.05, 3.63) is 24.3 Å². The van der Waals surface area contributed by atoms with Crippen LogP contribution in [-0.2, 0) is 18.3 Å². The average Bonchev–Trinajstić information content (AvgIpc) is 2.96. The summed E-state index contributed by atoms with van der Waals surface area (Å²) in [5, 5.41) is 15.0. The minimum absolute atomic E-state index is 0.437. The van der Waals surface area contributed by atoms with Crippen LogP contribution in [0.2, 0.25) is 0 Å². The van der Waals surface area contributed by atoms with Gasteiger partial charge in [0, 0.05) is 39.3 Å². The van der Waals surface area contributed by atoms with E-state index in [1.165, 1.54) is 0 Å². The predicted molar refractivity (Wildman–Crippen MR) is 104 cm³/mol. The molecule has 8 heteroatoms. The van der Waals surface area contributed by atoms with Gasteiger partial charge in [-0.2, -0.15) is 0 Å². The summed E-state index contributed by atoms with van der Waals surface area (Å²) in [7, 11) is 1.96. The lowest BCUT2D eigenvalue weighted by Crippen LogP contribution is -2.52. The highest BCUT2D eigenvalue weighted by Gasteiger charge is 2.23. The molecule has 1 atom stereocenters. The standard InChI is InChI=1S/C18H33N7O/c1-6-7-19-18(21-13-17-23-22-15(4)24(17)5)20-12-16(14(2)3)25-8-10-26-11-9-25/h6,14,16H,1,7-13H2,2-5H3,(H2,19,20,21). The summed E-state index contributed by atoms with van der Waals surface area (Å²) in [6.45, 7) is 15.8. The molecule has 1 unspecified atom stereocenters. The first-order valence-corrected chi connectivity index (χ1v) is 9.32. The highest BCUT2D eigenvalue weighted by atomic mass is 16.5. The molecule has 0 aliphatic carbocycles. The third-order valence-electron chi connectivity index (χ3n) is 4.74. The van der Waals surface area contributed by atoms with E-state index in [1.54, 1.807) is 0 Å². The van der Waals surface area contributed by atoms with Crippen LogP contribution in [0.3, 0.4) is 0 Å². The first-order valence-electron chi connectivity index (χ1n) is 9.32. The van der Waals surface area contributed by atoms with Gasteiger partial charge in [-0.05, 0) is 12.8 Å². The molecule has 0 bridgehead atoms. The molecule has 0 radical (unpaired) electrons. The molecule has 1 aromatic heterocycles. The largest absolute Gasteiger partial charge is 0.379 e. The number of morpholine rings is 1. The molecule has 1 fully saturated rings. The predicted octanol–water partition coefficient (Wildman–Crippen LogP) is 0.702. The molecule has 2 N–H and O–H groups in total. The summed E-state index contributed by atoms with van der Waals surface area (Å²) in [5.41, 5.74) is 0. The Bertz CT molecular complexity index is 590. The lowest BCUT2D eigenvalue weighted by molar-refractivity contribution is 0.00752. The fourth-order valence-corrected chi connectivity index (χ4v) is 2.98. The van der Waals surface area contributed by atoms with Crippen LogP contribution in [0.1, 0.15) is 25.5 Å². The lowest BCUT2D eigenvalue weighted by atomic mass is 10.0. The second kappa shape index (κ2) is 10.3. The van der Waals surface area contributed by atoms with Crippen molar-refractivity contribution in [1.82, 2.24) is 30.3 Å². The summed E-state index contributed by atoms with van der Waals surface area (Å²) in [6, 6.07) is 0.437. The third kappa shape index (κ3) is 5.81. The van der Waals surface area contributed by atoms with Crippen LogP contribution in [0.5, 0.6) is 0 Å². The normalized spacial score (nSPS) is 17.3. The second-order valence-electron chi connectivity index (χ2n) is 6.90. The zero-order chi connectivity index (χ0) is 18.9. The number of guanidine groups is 1. The molecule has 8 nitrogen and oxygen atoms in total. The third-order valence-corrected chi connectivity index (χ3v) is 4.74. The van der Waals surface area contributed by atoms with Gasteiger partial charge in [-0.1, -0.05) is 19.9 Å². The van der Waals surface area contributed by atoms with E-state index in [0.717, 1.165) is 50.5 Å². The number of hydrogen-bond acceptors (Lipinski definition) is 5. The maximum atomic E-state index is 5.48. The smallest absolute Gasteiger partial charge is 0.192 e. The Morgan fingerprint density at radius 3 is 2.62 bits per heavy atom. The minimum atomic E-state index is 0.437. The molecule has 1 aromatic rings. The molecule has 0 amide bonds. The van der Waals surface area contributed by atoms with Gasteiger partial charge >= 0.3 is 0 Å². The number of hydrogen-bond donors (Lipinski definition) is 2. The van der Waals surface area contributed by atoms with Gasteiger partial charge in [0.05, 0.1) is 13.2 Å². The van der Waals surface area contributed by atoms with Crippen molar-refractivity contribution in [3.63, 3.8) is 0 Å². The number of ether oxygens (including phenoxy) is 1. The summed E-state index contributed by atoms with van der Waals surface area (Å²) in [5.74, 6) is 3.04. The van der Waals surface area contributed by atoms with E-state index in [0.29, 0.717) is 25.0 Å². The average molecular weight is 364 g/mol. The zero-order valence-corrected chi connectivity index (χ0v) is 16.5. The number of rotatable bonds is 8. The summed E-state index contributed by atoms with van der Waals surface area (Å²) < 4.78 is 7.44.